The van der Waals surface area contributed by atoms with Crippen molar-refractivity contribution in [3.8, 4) is 0 Å². The predicted octanol–water partition coefficient (Wildman–Crippen LogP) is 1.39. The molecule has 8 nitrogen and oxygen atoms in total. The largest absolute Gasteiger partial charge is 0.451 e. The van der Waals surface area contributed by atoms with E-state index in [0.29, 0.717) is 16.8 Å². The van der Waals surface area contributed by atoms with E-state index in [2.05, 4.69) is 10.6 Å². The Morgan fingerprint density at radius 3 is 2.11 bits per heavy atom. The third-order valence-electron chi connectivity index (χ3n) is 3.82. The number of rotatable bonds is 7. The van der Waals surface area contributed by atoms with Crippen LogP contribution in [0.25, 0.3) is 0 Å². The molecule has 0 aliphatic rings. The van der Waals surface area contributed by atoms with Crippen LogP contribution < -0.4 is 16.4 Å². The van der Waals surface area contributed by atoms with E-state index >= 15 is 0 Å². The molecule has 2 aromatic rings. The van der Waals surface area contributed by atoms with Gasteiger partial charge in [-0.05, 0) is 50.2 Å². The lowest BCUT2D eigenvalue weighted by Crippen LogP contribution is -2.35. The van der Waals surface area contributed by atoms with Crippen LogP contribution in [0.1, 0.15) is 33.2 Å². The maximum Gasteiger partial charge on any atom is 0.326 e. The molecule has 146 valence electrons. The summed E-state index contributed by atoms with van der Waals surface area (Å²) in [7, 11) is 0. The first-order valence-corrected chi connectivity index (χ1v) is 8.51. The number of carbonyl (C=O) groups is 4. The molecule has 0 spiro atoms. The van der Waals surface area contributed by atoms with Crippen molar-refractivity contribution in [2.45, 2.75) is 20.0 Å². The summed E-state index contributed by atoms with van der Waals surface area (Å²) in [6.45, 7) is 2.95. The normalized spacial score (nSPS) is 11.2. The number of ether oxygens (including phenoxy) is 1. The van der Waals surface area contributed by atoms with Gasteiger partial charge in [0.05, 0.1) is 0 Å². The van der Waals surface area contributed by atoms with Crippen molar-refractivity contribution in [1.82, 2.24) is 5.32 Å². The molecular weight excluding hydrogens is 362 g/mol. The van der Waals surface area contributed by atoms with Crippen molar-refractivity contribution in [3.63, 3.8) is 0 Å². The Hall–Kier alpha value is -3.68. The van der Waals surface area contributed by atoms with Crippen molar-refractivity contribution in [2.75, 3.05) is 11.9 Å². The lowest BCUT2D eigenvalue weighted by molar-refractivity contribution is -0.152. The molecule has 0 saturated carbocycles. The summed E-state index contributed by atoms with van der Waals surface area (Å²) < 4.78 is 5.01. The number of aryl methyl sites for hydroxylation is 1. The SMILES string of the molecule is Cc1ccc(C(=O)NCC(=O)O[C@H](C)C(=O)Nc2ccc(C(N)=O)cc2)cc1. The van der Waals surface area contributed by atoms with Gasteiger partial charge in [-0.15, -0.1) is 0 Å². The number of carbonyl (C=O) groups excluding carboxylic acids is 4. The number of primary amides is 1. The van der Waals surface area contributed by atoms with E-state index in [1.807, 2.05) is 6.92 Å². The standard InChI is InChI=1S/C20H21N3O5/c1-12-3-5-15(6-4-12)20(27)22-11-17(24)28-13(2)19(26)23-16-9-7-14(8-10-16)18(21)25/h3-10,13H,11H2,1-2H3,(H2,21,25)(H,22,27)(H,23,26)/t13-/m1/s1. The molecule has 0 aliphatic heterocycles. The average molecular weight is 383 g/mol. The summed E-state index contributed by atoms with van der Waals surface area (Å²) in [6.07, 6.45) is -1.07. The van der Waals surface area contributed by atoms with Gasteiger partial charge >= 0.3 is 5.97 Å². The van der Waals surface area contributed by atoms with E-state index in [9.17, 15) is 19.2 Å². The maximum absolute atomic E-state index is 12.1. The van der Waals surface area contributed by atoms with Gasteiger partial charge in [-0.25, -0.2) is 0 Å². The van der Waals surface area contributed by atoms with Crippen molar-refractivity contribution >= 4 is 29.4 Å². The van der Waals surface area contributed by atoms with E-state index in [-0.39, 0.29) is 6.54 Å². The first-order chi connectivity index (χ1) is 13.3. The maximum atomic E-state index is 12.1. The summed E-state index contributed by atoms with van der Waals surface area (Å²) in [5.41, 5.74) is 7.31. The minimum absolute atomic E-state index is 0.307. The highest BCUT2D eigenvalue weighted by molar-refractivity contribution is 5.98. The fourth-order valence-electron chi connectivity index (χ4n) is 2.21. The summed E-state index contributed by atoms with van der Waals surface area (Å²) in [4.78, 5) is 46.9. The van der Waals surface area contributed by atoms with Gasteiger partial charge in [0.2, 0.25) is 5.91 Å². The number of benzene rings is 2. The van der Waals surface area contributed by atoms with Gasteiger partial charge in [0.1, 0.15) is 6.54 Å². The van der Waals surface area contributed by atoms with Crippen LogP contribution in [0.5, 0.6) is 0 Å². The summed E-state index contributed by atoms with van der Waals surface area (Å²) >= 11 is 0. The second kappa shape index (κ2) is 9.31. The van der Waals surface area contributed by atoms with Crippen LogP contribution in [-0.2, 0) is 14.3 Å². The first-order valence-electron chi connectivity index (χ1n) is 8.51. The average Bonchev–Trinajstić information content (AvgIpc) is 2.67. The van der Waals surface area contributed by atoms with Crippen LogP contribution in [0.15, 0.2) is 48.5 Å². The van der Waals surface area contributed by atoms with Crippen LogP contribution in [0.3, 0.4) is 0 Å². The number of nitrogens with one attached hydrogen (secondary N) is 2. The Balaban J connectivity index is 1.80. The molecule has 28 heavy (non-hydrogen) atoms. The first kappa shape index (κ1) is 20.6. The molecule has 4 N–H and O–H groups in total. The van der Waals surface area contributed by atoms with Gasteiger partial charge in [0.25, 0.3) is 11.8 Å². The Labute approximate surface area is 162 Å². The lowest BCUT2D eigenvalue weighted by Gasteiger charge is -2.14. The molecule has 0 saturated heterocycles. The van der Waals surface area contributed by atoms with Crippen LogP contribution in [0, 0.1) is 6.92 Å². The molecule has 0 unspecified atom stereocenters. The van der Waals surface area contributed by atoms with Crippen LogP contribution in [0.2, 0.25) is 0 Å². The molecule has 0 aromatic heterocycles. The molecular formula is C20H21N3O5. The number of anilines is 1. The molecule has 0 aliphatic carbocycles. The zero-order valence-electron chi connectivity index (χ0n) is 15.5. The van der Waals surface area contributed by atoms with Gasteiger partial charge in [-0.1, -0.05) is 17.7 Å². The van der Waals surface area contributed by atoms with Gasteiger partial charge in [-0.2, -0.15) is 0 Å². The van der Waals surface area contributed by atoms with Gasteiger partial charge in [-0.3, -0.25) is 19.2 Å². The Morgan fingerprint density at radius 2 is 1.54 bits per heavy atom. The van der Waals surface area contributed by atoms with Gasteiger partial charge < -0.3 is 21.1 Å². The van der Waals surface area contributed by atoms with Crippen LogP contribution in [0.4, 0.5) is 5.69 Å². The third kappa shape index (κ3) is 5.94. The Bertz CT molecular complexity index is 876. The zero-order valence-corrected chi connectivity index (χ0v) is 15.5. The molecule has 3 amide bonds. The molecule has 2 rings (SSSR count). The minimum atomic E-state index is -1.07. The monoisotopic (exact) mass is 383 g/mol. The minimum Gasteiger partial charge on any atom is -0.451 e. The molecule has 0 heterocycles. The number of nitrogens with two attached hydrogens (primary N) is 1. The van der Waals surface area contributed by atoms with Crippen molar-refractivity contribution in [2.24, 2.45) is 5.73 Å². The molecule has 2 aromatic carbocycles. The highest BCUT2D eigenvalue weighted by atomic mass is 16.5. The van der Waals surface area contributed by atoms with E-state index in [0.717, 1.165) is 5.56 Å². The fourth-order valence-corrected chi connectivity index (χ4v) is 2.21. The highest BCUT2D eigenvalue weighted by Gasteiger charge is 2.18. The molecule has 8 heteroatoms. The molecule has 1 atom stereocenters. The third-order valence-corrected chi connectivity index (χ3v) is 3.82. The lowest BCUT2D eigenvalue weighted by atomic mass is 10.1. The Morgan fingerprint density at radius 1 is 0.964 bits per heavy atom. The second-order valence-corrected chi connectivity index (χ2v) is 6.11. The summed E-state index contributed by atoms with van der Waals surface area (Å²) in [5.74, 6) is -2.28. The van der Waals surface area contributed by atoms with Crippen molar-refractivity contribution in [3.05, 3.63) is 65.2 Å². The summed E-state index contributed by atoms with van der Waals surface area (Å²) in [6, 6.07) is 12.8. The highest BCUT2D eigenvalue weighted by Crippen LogP contribution is 2.10. The number of hydrogen-bond acceptors (Lipinski definition) is 5. The second-order valence-electron chi connectivity index (χ2n) is 6.11. The van der Waals surface area contributed by atoms with Crippen molar-refractivity contribution < 1.29 is 23.9 Å². The number of amides is 3. The van der Waals surface area contributed by atoms with Crippen LogP contribution in [-0.4, -0.2) is 36.3 Å². The van der Waals surface area contributed by atoms with Gasteiger partial charge in [0.15, 0.2) is 6.10 Å². The molecule has 0 fully saturated rings. The number of esters is 1. The predicted molar refractivity (Wildman–Crippen MR) is 103 cm³/mol. The smallest absolute Gasteiger partial charge is 0.326 e. The van der Waals surface area contributed by atoms with E-state index < -0.39 is 29.8 Å². The number of hydrogen-bond donors (Lipinski definition) is 3. The fraction of sp³-hybridized carbons (Fsp3) is 0.200. The van der Waals surface area contributed by atoms with E-state index in [1.165, 1.54) is 31.2 Å². The summed E-state index contributed by atoms with van der Waals surface area (Å²) in [5, 5.41) is 4.99. The van der Waals surface area contributed by atoms with E-state index in [4.69, 9.17) is 10.5 Å². The van der Waals surface area contributed by atoms with Crippen molar-refractivity contribution in [1.29, 1.82) is 0 Å². The van der Waals surface area contributed by atoms with Crippen LogP contribution >= 0.6 is 0 Å². The Kier molecular flexibility index (Phi) is 6.86. The molecule has 0 radical (unpaired) electrons. The topological polar surface area (TPSA) is 128 Å². The zero-order chi connectivity index (χ0) is 20.7. The molecule has 0 bridgehead atoms. The van der Waals surface area contributed by atoms with Gasteiger partial charge in [0, 0.05) is 16.8 Å². The quantitative estimate of drug-likeness (QED) is 0.623. The van der Waals surface area contributed by atoms with E-state index in [1.54, 1.807) is 24.3 Å².